The Hall–Kier alpha value is -3.00. The standard InChI is InChI=1S/C21H23N3O4S/c1-4-29(27,28)16-9-7-8-15(12-16)22-20(25)19-17-10-5-6-11-18(17)21(26)24(23-19)13-14(2)3/h5-12,14H,4,13H2,1-3H3,(H,22,25). The van der Waals surface area contributed by atoms with Gasteiger partial charge in [0.25, 0.3) is 11.5 Å². The maximum Gasteiger partial charge on any atom is 0.276 e. The molecule has 0 unspecified atom stereocenters. The number of hydrogen-bond acceptors (Lipinski definition) is 5. The highest BCUT2D eigenvalue weighted by atomic mass is 32.2. The van der Waals surface area contributed by atoms with E-state index in [4.69, 9.17) is 0 Å². The number of anilines is 1. The van der Waals surface area contributed by atoms with Gasteiger partial charge in [-0.3, -0.25) is 9.59 Å². The van der Waals surface area contributed by atoms with E-state index in [2.05, 4.69) is 10.4 Å². The van der Waals surface area contributed by atoms with Crippen LogP contribution in [0, 0.1) is 5.92 Å². The number of amides is 1. The van der Waals surface area contributed by atoms with Crippen molar-refractivity contribution < 1.29 is 13.2 Å². The second-order valence-corrected chi connectivity index (χ2v) is 9.44. The Labute approximate surface area is 169 Å². The second-order valence-electron chi connectivity index (χ2n) is 7.16. The topological polar surface area (TPSA) is 98.1 Å². The molecule has 0 atom stereocenters. The minimum absolute atomic E-state index is 0.0310. The maximum atomic E-state index is 13.0. The van der Waals surface area contributed by atoms with Gasteiger partial charge in [0.2, 0.25) is 0 Å². The summed E-state index contributed by atoms with van der Waals surface area (Å²) in [6, 6.07) is 12.9. The smallest absolute Gasteiger partial charge is 0.276 e. The lowest BCUT2D eigenvalue weighted by Crippen LogP contribution is -2.29. The first-order valence-corrected chi connectivity index (χ1v) is 11.0. The van der Waals surface area contributed by atoms with Crippen molar-refractivity contribution in [3.63, 3.8) is 0 Å². The molecule has 1 amide bonds. The zero-order chi connectivity index (χ0) is 21.2. The van der Waals surface area contributed by atoms with E-state index in [1.165, 1.54) is 16.8 Å². The van der Waals surface area contributed by atoms with Crippen LogP contribution in [-0.2, 0) is 16.4 Å². The van der Waals surface area contributed by atoms with E-state index in [0.29, 0.717) is 23.0 Å². The van der Waals surface area contributed by atoms with Crippen molar-refractivity contribution in [1.29, 1.82) is 0 Å². The van der Waals surface area contributed by atoms with Gasteiger partial charge < -0.3 is 5.32 Å². The molecule has 0 aliphatic heterocycles. The molecule has 0 saturated carbocycles. The minimum Gasteiger partial charge on any atom is -0.321 e. The number of nitrogens with zero attached hydrogens (tertiary/aromatic N) is 2. The third kappa shape index (κ3) is 4.37. The van der Waals surface area contributed by atoms with Crippen LogP contribution in [0.15, 0.2) is 58.2 Å². The molecule has 2 aromatic carbocycles. The molecule has 0 aliphatic carbocycles. The fraction of sp³-hybridized carbons (Fsp3) is 0.286. The van der Waals surface area contributed by atoms with Crippen molar-refractivity contribution in [2.24, 2.45) is 5.92 Å². The number of carbonyl (C=O) groups excluding carboxylic acids is 1. The largest absolute Gasteiger partial charge is 0.321 e. The zero-order valence-electron chi connectivity index (χ0n) is 16.5. The molecule has 8 heteroatoms. The number of benzene rings is 2. The van der Waals surface area contributed by atoms with E-state index in [-0.39, 0.29) is 27.8 Å². The molecule has 152 valence electrons. The van der Waals surface area contributed by atoms with Crippen molar-refractivity contribution in [3.8, 4) is 0 Å². The van der Waals surface area contributed by atoms with Crippen LogP contribution in [0.1, 0.15) is 31.3 Å². The van der Waals surface area contributed by atoms with Gasteiger partial charge in [-0.25, -0.2) is 13.1 Å². The molecule has 7 nitrogen and oxygen atoms in total. The number of carbonyl (C=O) groups is 1. The summed E-state index contributed by atoms with van der Waals surface area (Å²) in [5, 5.41) is 7.87. The third-order valence-electron chi connectivity index (χ3n) is 4.45. The maximum absolute atomic E-state index is 13.0. The van der Waals surface area contributed by atoms with Gasteiger partial charge in [0, 0.05) is 17.6 Å². The van der Waals surface area contributed by atoms with Gasteiger partial charge >= 0.3 is 0 Å². The van der Waals surface area contributed by atoms with Crippen LogP contribution in [0.2, 0.25) is 0 Å². The minimum atomic E-state index is -3.39. The molecule has 0 saturated heterocycles. The number of rotatable bonds is 6. The molecule has 0 radical (unpaired) electrons. The Morgan fingerprint density at radius 2 is 1.79 bits per heavy atom. The van der Waals surface area contributed by atoms with Crippen LogP contribution in [-0.4, -0.2) is 29.9 Å². The first-order chi connectivity index (χ1) is 13.7. The molecule has 0 aliphatic rings. The average molecular weight is 413 g/mol. The molecule has 3 rings (SSSR count). The van der Waals surface area contributed by atoms with Crippen LogP contribution in [0.5, 0.6) is 0 Å². The molecule has 1 N–H and O–H groups in total. The van der Waals surface area contributed by atoms with Crippen LogP contribution in [0.25, 0.3) is 10.8 Å². The molecule has 3 aromatic rings. The number of hydrogen-bond donors (Lipinski definition) is 1. The monoisotopic (exact) mass is 413 g/mol. The quantitative estimate of drug-likeness (QED) is 0.670. The summed E-state index contributed by atoms with van der Waals surface area (Å²) >= 11 is 0. The first-order valence-electron chi connectivity index (χ1n) is 9.37. The van der Waals surface area contributed by atoms with Crippen molar-refractivity contribution in [2.45, 2.75) is 32.2 Å². The highest BCUT2D eigenvalue weighted by molar-refractivity contribution is 7.91. The van der Waals surface area contributed by atoms with Crippen molar-refractivity contribution in [1.82, 2.24) is 9.78 Å². The Balaban J connectivity index is 2.05. The molecular weight excluding hydrogens is 390 g/mol. The van der Waals surface area contributed by atoms with Crippen LogP contribution < -0.4 is 10.9 Å². The van der Waals surface area contributed by atoms with E-state index < -0.39 is 15.7 Å². The van der Waals surface area contributed by atoms with Crippen LogP contribution in [0.4, 0.5) is 5.69 Å². The van der Waals surface area contributed by atoms with Gasteiger partial charge in [-0.15, -0.1) is 0 Å². The van der Waals surface area contributed by atoms with Gasteiger partial charge in [-0.05, 0) is 30.2 Å². The summed E-state index contributed by atoms with van der Waals surface area (Å²) in [7, 11) is -3.39. The molecule has 0 spiro atoms. The SMILES string of the molecule is CCS(=O)(=O)c1cccc(NC(=O)c2nn(CC(C)C)c(=O)c3ccccc23)c1. The molecule has 0 bridgehead atoms. The van der Waals surface area contributed by atoms with Gasteiger partial charge in [0.05, 0.1) is 16.0 Å². The first kappa shape index (κ1) is 20.7. The summed E-state index contributed by atoms with van der Waals surface area (Å²) < 4.78 is 25.5. The summed E-state index contributed by atoms with van der Waals surface area (Å²) in [6.07, 6.45) is 0. The summed E-state index contributed by atoms with van der Waals surface area (Å²) in [5.41, 5.74) is 0.212. The molecule has 29 heavy (non-hydrogen) atoms. The van der Waals surface area contributed by atoms with Gasteiger partial charge in [0.1, 0.15) is 0 Å². The van der Waals surface area contributed by atoms with E-state index >= 15 is 0 Å². The number of fused-ring (bicyclic) bond motifs is 1. The summed E-state index contributed by atoms with van der Waals surface area (Å²) in [6.45, 7) is 5.87. The lowest BCUT2D eigenvalue weighted by Gasteiger charge is -2.13. The van der Waals surface area contributed by atoms with Crippen molar-refractivity contribution in [3.05, 3.63) is 64.6 Å². The highest BCUT2D eigenvalue weighted by Crippen LogP contribution is 2.19. The highest BCUT2D eigenvalue weighted by Gasteiger charge is 2.18. The van der Waals surface area contributed by atoms with E-state index in [9.17, 15) is 18.0 Å². The Bertz CT molecular complexity index is 1230. The van der Waals surface area contributed by atoms with Crippen LogP contribution in [0.3, 0.4) is 0 Å². The summed E-state index contributed by atoms with van der Waals surface area (Å²) in [5.74, 6) is -0.366. The van der Waals surface area contributed by atoms with Crippen LogP contribution >= 0.6 is 0 Å². The lowest BCUT2D eigenvalue weighted by atomic mass is 10.1. The number of sulfone groups is 1. The van der Waals surface area contributed by atoms with E-state index in [0.717, 1.165) is 0 Å². The fourth-order valence-corrected chi connectivity index (χ4v) is 3.92. The number of aromatic nitrogens is 2. The normalized spacial score (nSPS) is 11.7. The van der Waals surface area contributed by atoms with Gasteiger partial charge in [-0.2, -0.15) is 5.10 Å². The average Bonchev–Trinajstić information content (AvgIpc) is 2.70. The third-order valence-corrected chi connectivity index (χ3v) is 6.18. The van der Waals surface area contributed by atoms with Gasteiger partial charge in [-0.1, -0.05) is 45.0 Å². The molecule has 0 fully saturated rings. The second kappa shape index (κ2) is 8.16. The molecule has 1 aromatic heterocycles. The zero-order valence-corrected chi connectivity index (χ0v) is 17.4. The molecule has 1 heterocycles. The Kier molecular flexibility index (Phi) is 5.83. The predicted molar refractivity (Wildman–Crippen MR) is 113 cm³/mol. The lowest BCUT2D eigenvalue weighted by molar-refractivity contribution is 0.102. The number of nitrogens with one attached hydrogen (secondary N) is 1. The Morgan fingerprint density at radius 1 is 1.10 bits per heavy atom. The van der Waals surface area contributed by atoms with E-state index in [1.807, 2.05) is 13.8 Å². The molecular formula is C21H23N3O4S. The van der Waals surface area contributed by atoms with Crippen molar-refractivity contribution >= 4 is 32.2 Å². The van der Waals surface area contributed by atoms with E-state index in [1.54, 1.807) is 43.3 Å². The Morgan fingerprint density at radius 3 is 2.45 bits per heavy atom. The predicted octanol–water partition coefficient (Wildman–Crippen LogP) is 3.10. The summed E-state index contributed by atoms with van der Waals surface area (Å²) in [4.78, 5) is 25.8. The van der Waals surface area contributed by atoms with Crippen molar-refractivity contribution in [2.75, 3.05) is 11.1 Å². The van der Waals surface area contributed by atoms with Gasteiger partial charge in [0.15, 0.2) is 15.5 Å². The fourth-order valence-electron chi connectivity index (χ4n) is 3.00.